The minimum atomic E-state index is 0.700. The molecule has 3 rings (SSSR count). The maximum atomic E-state index is 5.31. The molecule has 2 aromatic rings. The van der Waals surface area contributed by atoms with E-state index >= 15 is 0 Å². The third kappa shape index (κ3) is 1.55. The minimum absolute atomic E-state index is 0.700. The fourth-order valence-electron chi connectivity index (χ4n) is 2.06. The summed E-state index contributed by atoms with van der Waals surface area (Å²) in [4.78, 5) is 7.67. The lowest BCUT2D eigenvalue weighted by molar-refractivity contribution is 0.661. The monoisotopic (exact) mass is 233 g/mol. The van der Waals surface area contributed by atoms with E-state index in [-0.39, 0.29) is 0 Å². The summed E-state index contributed by atoms with van der Waals surface area (Å²) in [5.41, 5.74) is 3.12. The van der Waals surface area contributed by atoms with E-state index in [0.29, 0.717) is 16.2 Å². The summed E-state index contributed by atoms with van der Waals surface area (Å²) < 4.78 is 0.700. The van der Waals surface area contributed by atoms with E-state index in [9.17, 15) is 0 Å². The smallest absolute Gasteiger partial charge is 0.161 e. The van der Waals surface area contributed by atoms with E-state index in [1.165, 1.54) is 24.1 Å². The Bertz CT molecular complexity index is 557. The largest absolute Gasteiger partial charge is 0.341 e. The molecule has 0 aliphatic heterocycles. The molecule has 0 aromatic carbocycles. The Morgan fingerprint density at radius 1 is 1.25 bits per heavy atom. The number of H-pyrrole nitrogens is 2. The fraction of sp³-hybridized carbons (Fsp3) is 0.400. The van der Waals surface area contributed by atoms with Crippen molar-refractivity contribution in [2.45, 2.75) is 25.7 Å². The van der Waals surface area contributed by atoms with Crippen molar-refractivity contribution in [3.63, 3.8) is 0 Å². The molecule has 0 saturated heterocycles. The van der Waals surface area contributed by atoms with Crippen molar-refractivity contribution in [2.75, 3.05) is 0 Å². The highest BCUT2D eigenvalue weighted by atomic mass is 32.1. The highest BCUT2D eigenvalue weighted by Crippen LogP contribution is 2.22. The molecular formula is C10H11N5S. The van der Waals surface area contributed by atoms with Crippen LogP contribution in [0.3, 0.4) is 0 Å². The van der Waals surface area contributed by atoms with Crippen molar-refractivity contribution < 1.29 is 0 Å². The van der Waals surface area contributed by atoms with Gasteiger partial charge >= 0.3 is 0 Å². The minimum Gasteiger partial charge on any atom is -0.341 e. The molecule has 0 saturated carbocycles. The summed E-state index contributed by atoms with van der Waals surface area (Å²) in [6, 6.07) is 0. The molecule has 82 valence electrons. The first-order chi connectivity index (χ1) is 7.84. The van der Waals surface area contributed by atoms with Gasteiger partial charge in [0.2, 0.25) is 0 Å². The Kier molecular flexibility index (Phi) is 2.28. The van der Waals surface area contributed by atoms with E-state index in [1.807, 2.05) is 0 Å². The summed E-state index contributed by atoms with van der Waals surface area (Å²) in [5, 5.41) is 10.3. The average Bonchev–Trinajstić information content (AvgIpc) is 2.82. The second kappa shape index (κ2) is 3.79. The number of rotatable bonds is 1. The summed E-state index contributed by atoms with van der Waals surface area (Å²) >= 11 is 5.31. The molecule has 1 aliphatic rings. The SMILES string of the molecule is S=c1nc(-c2cn[nH]n2)[nH]c2c1CCCC2. The molecule has 0 spiro atoms. The first kappa shape index (κ1) is 9.65. The lowest BCUT2D eigenvalue weighted by Crippen LogP contribution is -2.08. The standard InChI is InChI=1S/C10H11N5S/c16-10-6-3-1-2-4-7(6)12-9(13-10)8-5-11-15-14-8/h5H,1-4H2,(H,11,14,15)(H,12,13,16). The van der Waals surface area contributed by atoms with Gasteiger partial charge in [-0.15, -0.1) is 0 Å². The van der Waals surface area contributed by atoms with Gasteiger partial charge in [-0.2, -0.15) is 15.4 Å². The third-order valence-corrected chi connectivity index (χ3v) is 3.20. The van der Waals surface area contributed by atoms with Gasteiger partial charge in [-0.25, -0.2) is 4.98 Å². The van der Waals surface area contributed by atoms with Gasteiger partial charge in [-0.3, -0.25) is 0 Å². The maximum Gasteiger partial charge on any atom is 0.161 e. The van der Waals surface area contributed by atoms with Gasteiger partial charge in [0.15, 0.2) is 5.82 Å². The van der Waals surface area contributed by atoms with Crippen LogP contribution >= 0.6 is 12.2 Å². The molecule has 0 atom stereocenters. The Balaban J connectivity index is 2.16. The molecule has 0 unspecified atom stereocenters. The zero-order valence-corrected chi connectivity index (χ0v) is 9.47. The number of nitrogens with one attached hydrogen (secondary N) is 2. The van der Waals surface area contributed by atoms with Crippen molar-refractivity contribution in [1.82, 2.24) is 25.4 Å². The van der Waals surface area contributed by atoms with Crippen LogP contribution in [-0.4, -0.2) is 25.4 Å². The first-order valence-corrected chi connectivity index (χ1v) is 5.73. The Labute approximate surface area is 97.3 Å². The highest BCUT2D eigenvalue weighted by Gasteiger charge is 2.14. The molecule has 0 bridgehead atoms. The third-order valence-electron chi connectivity index (χ3n) is 2.87. The van der Waals surface area contributed by atoms with E-state index in [0.717, 1.165) is 12.8 Å². The summed E-state index contributed by atoms with van der Waals surface area (Å²) in [5.74, 6) is 0.708. The van der Waals surface area contributed by atoms with E-state index in [4.69, 9.17) is 12.2 Å². The number of fused-ring (bicyclic) bond motifs is 1. The predicted molar refractivity (Wildman–Crippen MR) is 61.4 cm³/mol. The predicted octanol–water partition coefficient (Wildman–Crippen LogP) is 1.80. The van der Waals surface area contributed by atoms with Crippen molar-refractivity contribution in [3.8, 4) is 11.5 Å². The number of hydrogen-bond donors (Lipinski definition) is 2. The van der Waals surface area contributed by atoms with Crippen molar-refractivity contribution >= 4 is 12.2 Å². The molecule has 1 aliphatic carbocycles. The number of hydrogen-bond acceptors (Lipinski definition) is 4. The second-order valence-corrected chi connectivity index (χ2v) is 4.30. The number of aromatic amines is 2. The molecule has 5 nitrogen and oxygen atoms in total. The van der Waals surface area contributed by atoms with Crippen LogP contribution in [0.15, 0.2) is 6.20 Å². The van der Waals surface area contributed by atoms with Crippen LogP contribution in [0.4, 0.5) is 0 Å². The zero-order valence-electron chi connectivity index (χ0n) is 8.66. The van der Waals surface area contributed by atoms with E-state index < -0.39 is 0 Å². The summed E-state index contributed by atoms with van der Waals surface area (Å²) in [7, 11) is 0. The lowest BCUT2D eigenvalue weighted by atomic mass is 9.97. The van der Waals surface area contributed by atoms with Crippen LogP contribution in [0.1, 0.15) is 24.1 Å². The van der Waals surface area contributed by atoms with E-state index in [1.54, 1.807) is 6.20 Å². The topological polar surface area (TPSA) is 70.2 Å². The van der Waals surface area contributed by atoms with Crippen molar-refractivity contribution in [2.24, 2.45) is 0 Å². The average molecular weight is 233 g/mol. The fourth-order valence-corrected chi connectivity index (χ4v) is 2.37. The Morgan fingerprint density at radius 3 is 2.94 bits per heavy atom. The normalized spacial score (nSPS) is 14.8. The maximum absolute atomic E-state index is 5.31. The molecule has 0 radical (unpaired) electrons. The van der Waals surface area contributed by atoms with Crippen LogP contribution in [0.5, 0.6) is 0 Å². The molecule has 0 fully saturated rings. The number of aryl methyl sites for hydroxylation is 1. The highest BCUT2D eigenvalue weighted by molar-refractivity contribution is 7.71. The van der Waals surface area contributed by atoms with Gasteiger partial charge in [0, 0.05) is 11.3 Å². The van der Waals surface area contributed by atoms with Gasteiger partial charge in [0.1, 0.15) is 10.3 Å². The molecule has 16 heavy (non-hydrogen) atoms. The van der Waals surface area contributed by atoms with Crippen LogP contribution in [0.25, 0.3) is 11.5 Å². The van der Waals surface area contributed by atoms with Crippen LogP contribution in [0, 0.1) is 4.64 Å². The molecule has 2 heterocycles. The molecule has 0 amide bonds. The molecule has 2 N–H and O–H groups in total. The van der Waals surface area contributed by atoms with E-state index in [2.05, 4.69) is 25.4 Å². The molecule has 2 aromatic heterocycles. The van der Waals surface area contributed by atoms with Crippen LogP contribution < -0.4 is 0 Å². The van der Waals surface area contributed by atoms with Gasteiger partial charge in [-0.05, 0) is 25.7 Å². The van der Waals surface area contributed by atoms with Gasteiger partial charge in [0.25, 0.3) is 0 Å². The summed E-state index contributed by atoms with van der Waals surface area (Å²) in [6.45, 7) is 0. The molecular weight excluding hydrogens is 222 g/mol. The van der Waals surface area contributed by atoms with Crippen molar-refractivity contribution in [3.05, 3.63) is 22.1 Å². The zero-order chi connectivity index (χ0) is 11.0. The van der Waals surface area contributed by atoms with Gasteiger partial charge in [0.05, 0.1) is 6.20 Å². The number of nitrogens with zero attached hydrogens (tertiary/aromatic N) is 3. The second-order valence-electron chi connectivity index (χ2n) is 3.91. The van der Waals surface area contributed by atoms with Crippen LogP contribution in [0.2, 0.25) is 0 Å². The lowest BCUT2D eigenvalue weighted by Gasteiger charge is -2.15. The Morgan fingerprint density at radius 2 is 2.12 bits per heavy atom. The number of aromatic nitrogens is 5. The quantitative estimate of drug-likeness (QED) is 0.737. The molecule has 6 heteroatoms. The van der Waals surface area contributed by atoms with Gasteiger partial charge < -0.3 is 4.98 Å². The first-order valence-electron chi connectivity index (χ1n) is 5.33. The summed E-state index contributed by atoms with van der Waals surface area (Å²) in [6.07, 6.45) is 6.14. The van der Waals surface area contributed by atoms with Crippen molar-refractivity contribution in [1.29, 1.82) is 0 Å². The Hall–Kier alpha value is -1.56. The van der Waals surface area contributed by atoms with Gasteiger partial charge in [-0.1, -0.05) is 12.2 Å². The van der Waals surface area contributed by atoms with Crippen LogP contribution in [-0.2, 0) is 12.8 Å².